The molecule has 18 heavy (non-hydrogen) atoms. The molecule has 0 atom stereocenters. The topological polar surface area (TPSA) is 30.7 Å². The van der Waals surface area contributed by atoms with Crippen molar-refractivity contribution in [1.82, 2.24) is 14.8 Å². The summed E-state index contributed by atoms with van der Waals surface area (Å²) in [6, 6.07) is 8.29. The number of nitrogens with zero attached hydrogens (tertiary/aromatic N) is 3. The molecule has 0 amide bonds. The maximum absolute atomic E-state index is 4.46. The molecule has 0 aliphatic heterocycles. The minimum atomic E-state index is 1.03. The summed E-state index contributed by atoms with van der Waals surface area (Å²) in [6.45, 7) is 4.21. The van der Waals surface area contributed by atoms with E-state index in [9.17, 15) is 0 Å². The first-order chi connectivity index (χ1) is 8.65. The van der Waals surface area contributed by atoms with E-state index in [1.54, 1.807) is 0 Å². The summed E-state index contributed by atoms with van der Waals surface area (Å²) in [5, 5.41) is 5.62. The molecule has 3 aromatic rings. The lowest BCUT2D eigenvalue weighted by molar-refractivity contribution is 0.779. The fraction of sp³-hybridized carbons (Fsp3) is 0.200. The van der Waals surface area contributed by atoms with Crippen molar-refractivity contribution in [3.8, 4) is 11.3 Å². The number of hydrogen-bond acceptors (Lipinski definition) is 2. The van der Waals surface area contributed by atoms with Gasteiger partial charge in [0, 0.05) is 30.4 Å². The van der Waals surface area contributed by atoms with Crippen molar-refractivity contribution in [3.63, 3.8) is 0 Å². The molecule has 0 saturated carbocycles. The zero-order valence-corrected chi connectivity index (χ0v) is 10.8. The van der Waals surface area contributed by atoms with Gasteiger partial charge in [-0.2, -0.15) is 5.10 Å². The Labute approximate surface area is 106 Å². The zero-order chi connectivity index (χ0) is 12.7. The Balaban J connectivity index is 2.26. The van der Waals surface area contributed by atoms with Crippen LogP contribution < -0.4 is 0 Å². The van der Waals surface area contributed by atoms with Gasteiger partial charge in [0.05, 0.1) is 11.2 Å². The van der Waals surface area contributed by atoms with Gasteiger partial charge in [-0.05, 0) is 43.2 Å². The molecular formula is C15H15N3. The standard InChI is InChI=1S/C15H15N3/c1-10-6-7-16-15(8-10)12-4-5-14-13(11(12)2)9-18(3)17-14/h4-9H,1-3H3. The third-order valence-electron chi connectivity index (χ3n) is 3.26. The second-order valence-corrected chi connectivity index (χ2v) is 4.69. The van der Waals surface area contributed by atoms with E-state index in [4.69, 9.17) is 0 Å². The average molecular weight is 237 g/mol. The Kier molecular flexibility index (Phi) is 2.40. The predicted molar refractivity (Wildman–Crippen MR) is 73.4 cm³/mol. The molecule has 3 heteroatoms. The molecule has 3 nitrogen and oxygen atoms in total. The fourth-order valence-electron chi connectivity index (χ4n) is 2.31. The van der Waals surface area contributed by atoms with Crippen LogP contribution in [-0.4, -0.2) is 14.8 Å². The van der Waals surface area contributed by atoms with E-state index in [2.05, 4.69) is 48.3 Å². The molecule has 0 aliphatic rings. The summed E-state index contributed by atoms with van der Waals surface area (Å²) in [5.41, 5.74) is 5.70. The van der Waals surface area contributed by atoms with Crippen LogP contribution in [0.4, 0.5) is 0 Å². The van der Waals surface area contributed by atoms with Gasteiger partial charge in [0.25, 0.3) is 0 Å². The van der Waals surface area contributed by atoms with E-state index < -0.39 is 0 Å². The molecule has 90 valence electrons. The number of rotatable bonds is 1. The van der Waals surface area contributed by atoms with Crippen LogP contribution >= 0.6 is 0 Å². The lowest BCUT2D eigenvalue weighted by Crippen LogP contribution is -1.88. The Bertz CT molecular complexity index is 726. The highest BCUT2D eigenvalue weighted by molar-refractivity contribution is 5.88. The Morgan fingerprint density at radius 2 is 1.94 bits per heavy atom. The van der Waals surface area contributed by atoms with Crippen LogP contribution in [-0.2, 0) is 7.05 Å². The first-order valence-electron chi connectivity index (χ1n) is 6.01. The first kappa shape index (κ1) is 11.0. The van der Waals surface area contributed by atoms with Crippen molar-refractivity contribution in [1.29, 1.82) is 0 Å². The van der Waals surface area contributed by atoms with Gasteiger partial charge in [0.1, 0.15) is 0 Å². The average Bonchev–Trinajstić information content (AvgIpc) is 2.71. The van der Waals surface area contributed by atoms with Crippen LogP contribution in [0.15, 0.2) is 36.7 Å². The van der Waals surface area contributed by atoms with Crippen molar-refractivity contribution in [2.45, 2.75) is 13.8 Å². The minimum Gasteiger partial charge on any atom is -0.275 e. The molecule has 0 bridgehead atoms. The number of fused-ring (bicyclic) bond motifs is 1. The molecule has 0 unspecified atom stereocenters. The molecule has 0 N–H and O–H groups in total. The Morgan fingerprint density at radius 1 is 1.11 bits per heavy atom. The minimum absolute atomic E-state index is 1.03. The molecule has 1 aromatic carbocycles. The third kappa shape index (κ3) is 1.68. The lowest BCUT2D eigenvalue weighted by Gasteiger charge is -2.06. The summed E-state index contributed by atoms with van der Waals surface area (Å²) in [7, 11) is 1.95. The van der Waals surface area contributed by atoms with E-state index >= 15 is 0 Å². The van der Waals surface area contributed by atoms with Crippen molar-refractivity contribution in [3.05, 3.63) is 47.8 Å². The summed E-state index contributed by atoms with van der Waals surface area (Å²) in [6.07, 6.45) is 3.92. The SMILES string of the molecule is Cc1ccnc(-c2ccc3nn(C)cc3c2C)c1. The van der Waals surface area contributed by atoms with Gasteiger partial charge in [-0.1, -0.05) is 6.07 Å². The summed E-state index contributed by atoms with van der Waals surface area (Å²) in [5.74, 6) is 0. The molecule has 0 spiro atoms. The highest BCUT2D eigenvalue weighted by Crippen LogP contribution is 2.28. The van der Waals surface area contributed by atoms with Gasteiger partial charge >= 0.3 is 0 Å². The molecule has 2 aromatic heterocycles. The second kappa shape index (κ2) is 3.95. The monoisotopic (exact) mass is 237 g/mol. The Morgan fingerprint density at radius 3 is 2.72 bits per heavy atom. The second-order valence-electron chi connectivity index (χ2n) is 4.69. The highest BCUT2D eigenvalue weighted by Gasteiger charge is 2.09. The molecule has 3 rings (SSSR count). The largest absolute Gasteiger partial charge is 0.275 e. The van der Waals surface area contributed by atoms with Gasteiger partial charge in [-0.3, -0.25) is 9.67 Å². The normalized spacial score (nSPS) is 11.1. The van der Waals surface area contributed by atoms with Crippen LogP contribution in [0.2, 0.25) is 0 Å². The van der Waals surface area contributed by atoms with Crippen molar-refractivity contribution in [2.75, 3.05) is 0 Å². The number of aryl methyl sites for hydroxylation is 3. The van der Waals surface area contributed by atoms with Crippen LogP contribution in [0.1, 0.15) is 11.1 Å². The molecule has 0 fully saturated rings. The number of benzene rings is 1. The maximum Gasteiger partial charge on any atom is 0.0926 e. The van der Waals surface area contributed by atoms with Crippen molar-refractivity contribution >= 4 is 10.9 Å². The first-order valence-corrected chi connectivity index (χ1v) is 6.01. The third-order valence-corrected chi connectivity index (χ3v) is 3.26. The van der Waals surface area contributed by atoms with Gasteiger partial charge in [0.2, 0.25) is 0 Å². The van der Waals surface area contributed by atoms with Crippen LogP contribution in [0.25, 0.3) is 22.2 Å². The zero-order valence-electron chi connectivity index (χ0n) is 10.8. The number of hydrogen-bond donors (Lipinski definition) is 0. The van der Waals surface area contributed by atoms with Crippen LogP contribution in [0.3, 0.4) is 0 Å². The summed E-state index contributed by atoms with van der Waals surface area (Å²) >= 11 is 0. The smallest absolute Gasteiger partial charge is 0.0926 e. The molecule has 0 saturated heterocycles. The van der Waals surface area contributed by atoms with Gasteiger partial charge < -0.3 is 0 Å². The Hall–Kier alpha value is -2.16. The summed E-state index contributed by atoms with van der Waals surface area (Å²) in [4.78, 5) is 4.46. The lowest BCUT2D eigenvalue weighted by atomic mass is 10.0. The van der Waals surface area contributed by atoms with E-state index in [1.807, 2.05) is 24.0 Å². The molecule has 0 aliphatic carbocycles. The van der Waals surface area contributed by atoms with Crippen molar-refractivity contribution in [2.24, 2.45) is 7.05 Å². The van der Waals surface area contributed by atoms with Gasteiger partial charge in [0.15, 0.2) is 0 Å². The molecule has 0 radical (unpaired) electrons. The highest BCUT2D eigenvalue weighted by atomic mass is 15.2. The van der Waals surface area contributed by atoms with E-state index in [0.29, 0.717) is 0 Å². The van der Waals surface area contributed by atoms with Gasteiger partial charge in [-0.25, -0.2) is 0 Å². The van der Waals surface area contributed by atoms with E-state index in [-0.39, 0.29) is 0 Å². The molecular weight excluding hydrogens is 222 g/mol. The quantitative estimate of drug-likeness (QED) is 0.650. The maximum atomic E-state index is 4.46. The number of pyridine rings is 1. The van der Waals surface area contributed by atoms with Crippen molar-refractivity contribution < 1.29 is 0 Å². The van der Waals surface area contributed by atoms with Crippen LogP contribution in [0, 0.1) is 13.8 Å². The molecule has 2 heterocycles. The summed E-state index contributed by atoms with van der Waals surface area (Å²) < 4.78 is 1.85. The number of aromatic nitrogens is 3. The van der Waals surface area contributed by atoms with E-state index in [0.717, 1.165) is 11.2 Å². The van der Waals surface area contributed by atoms with Crippen LogP contribution in [0.5, 0.6) is 0 Å². The predicted octanol–water partition coefficient (Wildman–Crippen LogP) is 3.25. The van der Waals surface area contributed by atoms with E-state index in [1.165, 1.54) is 22.1 Å². The van der Waals surface area contributed by atoms with Gasteiger partial charge in [-0.15, -0.1) is 0 Å². The fourth-order valence-corrected chi connectivity index (χ4v) is 2.31.